The molecule has 0 aromatic heterocycles. The molecular formula is C14H24N2O5. The fourth-order valence-electron chi connectivity index (χ4n) is 2.96. The molecule has 2 aliphatic rings. The summed E-state index contributed by atoms with van der Waals surface area (Å²) in [5, 5.41) is 12.1. The zero-order valence-corrected chi connectivity index (χ0v) is 12.6. The molecule has 2 N–H and O–H groups in total. The first-order chi connectivity index (χ1) is 9.97. The molecule has 2 heterocycles. The SMILES string of the molecule is CCN(C(=O)NCC1(C)CCCO1)C1COCC1C(=O)O. The topological polar surface area (TPSA) is 88.1 Å². The van der Waals surface area contributed by atoms with Crippen LogP contribution in [0.25, 0.3) is 0 Å². The summed E-state index contributed by atoms with van der Waals surface area (Å²) in [6, 6.07) is -0.666. The number of aliphatic carboxylic acids is 1. The Balaban J connectivity index is 1.93. The van der Waals surface area contributed by atoms with Crippen LogP contribution in [0.5, 0.6) is 0 Å². The predicted molar refractivity (Wildman–Crippen MR) is 75.1 cm³/mol. The number of amides is 2. The van der Waals surface area contributed by atoms with Crippen LogP contribution in [0.1, 0.15) is 26.7 Å². The fraction of sp³-hybridized carbons (Fsp3) is 0.857. The van der Waals surface area contributed by atoms with Gasteiger partial charge in [0.05, 0.1) is 24.9 Å². The molecule has 7 heteroatoms. The largest absolute Gasteiger partial charge is 0.481 e. The van der Waals surface area contributed by atoms with Crippen LogP contribution in [-0.2, 0) is 14.3 Å². The number of carbonyl (C=O) groups excluding carboxylic acids is 1. The molecule has 0 bridgehead atoms. The fourth-order valence-corrected chi connectivity index (χ4v) is 2.96. The summed E-state index contributed by atoms with van der Waals surface area (Å²) in [4.78, 5) is 25.1. The molecular weight excluding hydrogens is 276 g/mol. The minimum Gasteiger partial charge on any atom is -0.481 e. The Kier molecular flexibility index (Phi) is 5.05. The average molecular weight is 300 g/mol. The molecule has 7 nitrogen and oxygen atoms in total. The summed E-state index contributed by atoms with van der Waals surface area (Å²) in [5.41, 5.74) is -0.312. The monoisotopic (exact) mass is 300 g/mol. The Morgan fingerprint density at radius 3 is 2.76 bits per heavy atom. The molecule has 0 aromatic carbocycles. The molecule has 0 aromatic rings. The van der Waals surface area contributed by atoms with E-state index < -0.39 is 17.9 Å². The normalized spacial score (nSPS) is 32.1. The number of nitrogens with one attached hydrogen (secondary N) is 1. The molecule has 2 fully saturated rings. The van der Waals surface area contributed by atoms with E-state index in [1.807, 2.05) is 13.8 Å². The van der Waals surface area contributed by atoms with Crippen molar-refractivity contribution in [3.63, 3.8) is 0 Å². The van der Waals surface area contributed by atoms with E-state index in [-0.39, 0.29) is 24.8 Å². The molecule has 120 valence electrons. The van der Waals surface area contributed by atoms with Gasteiger partial charge in [0.1, 0.15) is 5.92 Å². The Morgan fingerprint density at radius 1 is 1.43 bits per heavy atom. The minimum atomic E-state index is -0.921. The summed E-state index contributed by atoms with van der Waals surface area (Å²) < 4.78 is 10.9. The molecule has 0 aliphatic carbocycles. The highest BCUT2D eigenvalue weighted by atomic mass is 16.5. The van der Waals surface area contributed by atoms with Crippen molar-refractivity contribution in [2.45, 2.75) is 38.3 Å². The molecule has 0 spiro atoms. The number of nitrogens with zero attached hydrogens (tertiary/aromatic N) is 1. The molecule has 0 saturated carbocycles. The van der Waals surface area contributed by atoms with E-state index in [1.165, 1.54) is 0 Å². The van der Waals surface area contributed by atoms with Gasteiger partial charge in [-0.05, 0) is 26.7 Å². The van der Waals surface area contributed by atoms with Crippen LogP contribution in [0.3, 0.4) is 0 Å². The van der Waals surface area contributed by atoms with Gasteiger partial charge in [-0.15, -0.1) is 0 Å². The summed E-state index contributed by atoms with van der Waals surface area (Å²) in [6.07, 6.45) is 1.92. The maximum absolute atomic E-state index is 12.3. The first-order valence-corrected chi connectivity index (χ1v) is 7.46. The molecule has 21 heavy (non-hydrogen) atoms. The maximum atomic E-state index is 12.3. The Hall–Kier alpha value is -1.34. The smallest absolute Gasteiger partial charge is 0.317 e. The predicted octanol–water partition coefficient (Wildman–Crippen LogP) is 0.687. The second-order valence-electron chi connectivity index (χ2n) is 5.90. The van der Waals surface area contributed by atoms with Gasteiger partial charge in [-0.2, -0.15) is 0 Å². The first-order valence-electron chi connectivity index (χ1n) is 7.46. The highest BCUT2D eigenvalue weighted by Gasteiger charge is 2.40. The average Bonchev–Trinajstić information content (AvgIpc) is 3.07. The molecule has 3 unspecified atom stereocenters. The number of likely N-dealkylation sites (N-methyl/N-ethyl adjacent to an activating group) is 1. The first kappa shape index (κ1) is 16.0. The minimum absolute atomic E-state index is 0.157. The number of carboxylic acid groups (broad SMARTS) is 1. The third-order valence-corrected chi connectivity index (χ3v) is 4.28. The van der Waals surface area contributed by atoms with Crippen molar-refractivity contribution in [2.24, 2.45) is 5.92 Å². The van der Waals surface area contributed by atoms with Gasteiger partial charge in [-0.25, -0.2) is 4.79 Å². The second-order valence-corrected chi connectivity index (χ2v) is 5.90. The van der Waals surface area contributed by atoms with Crippen LogP contribution >= 0.6 is 0 Å². The van der Waals surface area contributed by atoms with Gasteiger partial charge in [0.2, 0.25) is 0 Å². The summed E-state index contributed by atoms with van der Waals surface area (Å²) in [5.74, 6) is -1.58. The Labute approximate surface area is 124 Å². The second kappa shape index (κ2) is 6.62. The van der Waals surface area contributed by atoms with Crippen molar-refractivity contribution >= 4 is 12.0 Å². The van der Waals surface area contributed by atoms with Crippen molar-refractivity contribution in [1.29, 1.82) is 0 Å². The van der Waals surface area contributed by atoms with Gasteiger partial charge in [0, 0.05) is 19.7 Å². The zero-order valence-electron chi connectivity index (χ0n) is 12.6. The molecule has 2 rings (SSSR count). The van der Waals surface area contributed by atoms with E-state index >= 15 is 0 Å². The lowest BCUT2D eigenvalue weighted by Gasteiger charge is -2.31. The van der Waals surface area contributed by atoms with E-state index in [9.17, 15) is 14.7 Å². The van der Waals surface area contributed by atoms with Gasteiger partial charge in [0.15, 0.2) is 0 Å². The van der Waals surface area contributed by atoms with Crippen molar-refractivity contribution in [3.05, 3.63) is 0 Å². The number of ether oxygens (including phenoxy) is 2. The standard InChI is InChI=1S/C14H24N2O5/c1-3-16(11-8-20-7-10(11)12(17)18)13(19)15-9-14(2)5-4-6-21-14/h10-11H,3-9H2,1-2H3,(H,15,19)(H,17,18). The van der Waals surface area contributed by atoms with Gasteiger partial charge < -0.3 is 24.8 Å². The van der Waals surface area contributed by atoms with Crippen molar-refractivity contribution < 1.29 is 24.2 Å². The van der Waals surface area contributed by atoms with Crippen molar-refractivity contribution in [3.8, 4) is 0 Å². The lowest BCUT2D eigenvalue weighted by atomic mass is 10.0. The maximum Gasteiger partial charge on any atom is 0.317 e. The van der Waals surface area contributed by atoms with E-state index in [0.29, 0.717) is 13.1 Å². The Bertz CT molecular complexity index is 395. The van der Waals surface area contributed by atoms with E-state index in [1.54, 1.807) is 4.90 Å². The van der Waals surface area contributed by atoms with Crippen molar-refractivity contribution in [2.75, 3.05) is 32.9 Å². The van der Waals surface area contributed by atoms with Crippen LogP contribution in [0.2, 0.25) is 0 Å². The van der Waals surface area contributed by atoms with E-state index in [4.69, 9.17) is 9.47 Å². The van der Waals surface area contributed by atoms with Gasteiger partial charge in [-0.3, -0.25) is 4.79 Å². The lowest BCUT2D eigenvalue weighted by Crippen LogP contribution is -2.52. The highest BCUT2D eigenvalue weighted by Crippen LogP contribution is 2.24. The van der Waals surface area contributed by atoms with Gasteiger partial charge in [0.25, 0.3) is 0 Å². The van der Waals surface area contributed by atoms with Crippen LogP contribution in [0.4, 0.5) is 4.79 Å². The number of urea groups is 1. The van der Waals surface area contributed by atoms with Gasteiger partial charge >= 0.3 is 12.0 Å². The number of hydrogen-bond donors (Lipinski definition) is 2. The van der Waals surface area contributed by atoms with Crippen LogP contribution in [-0.4, -0.2) is 66.6 Å². The summed E-state index contributed by atoms with van der Waals surface area (Å²) in [7, 11) is 0. The third-order valence-electron chi connectivity index (χ3n) is 4.28. The lowest BCUT2D eigenvalue weighted by molar-refractivity contribution is -0.142. The Morgan fingerprint density at radius 2 is 2.19 bits per heavy atom. The number of carbonyl (C=O) groups is 2. The molecule has 2 saturated heterocycles. The third kappa shape index (κ3) is 3.65. The van der Waals surface area contributed by atoms with Crippen LogP contribution in [0, 0.1) is 5.92 Å². The number of rotatable bonds is 5. The molecule has 3 atom stereocenters. The summed E-state index contributed by atoms with van der Waals surface area (Å²) >= 11 is 0. The number of hydrogen-bond acceptors (Lipinski definition) is 4. The zero-order chi connectivity index (χ0) is 15.5. The van der Waals surface area contributed by atoms with Crippen LogP contribution in [0.15, 0.2) is 0 Å². The number of carboxylic acids is 1. The molecule has 0 radical (unpaired) electrons. The van der Waals surface area contributed by atoms with Crippen LogP contribution < -0.4 is 5.32 Å². The molecule has 2 amide bonds. The highest BCUT2D eigenvalue weighted by molar-refractivity contribution is 5.77. The molecule has 2 aliphatic heterocycles. The van der Waals surface area contributed by atoms with E-state index in [0.717, 1.165) is 19.4 Å². The quantitative estimate of drug-likeness (QED) is 0.780. The summed E-state index contributed by atoms with van der Waals surface area (Å²) in [6.45, 7) is 5.85. The van der Waals surface area contributed by atoms with Gasteiger partial charge in [-0.1, -0.05) is 0 Å². The van der Waals surface area contributed by atoms with Crippen molar-refractivity contribution in [1.82, 2.24) is 10.2 Å². The van der Waals surface area contributed by atoms with E-state index in [2.05, 4.69) is 5.32 Å².